The Morgan fingerprint density at radius 3 is 2.23 bits per heavy atom. The Balaban J connectivity index is 1.40. The van der Waals surface area contributed by atoms with Gasteiger partial charge in [-0.05, 0) is 36.2 Å². The van der Waals surface area contributed by atoms with Crippen molar-refractivity contribution in [3.05, 3.63) is 60.2 Å². The molecule has 138 valence electrons. The van der Waals surface area contributed by atoms with E-state index in [1.807, 2.05) is 49.5 Å². The normalized spacial score (nSPS) is 15.7. The largest absolute Gasteiger partial charge is 0.508 e. The number of hydrogen-bond donors (Lipinski definition) is 1. The number of likely N-dealkylation sites (N-methyl/N-ethyl adjacent to an activating group) is 1. The molecule has 26 heavy (non-hydrogen) atoms. The van der Waals surface area contributed by atoms with E-state index in [9.17, 15) is 9.90 Å². The molecule has 1 N–H and O–H groups in total. The molecule has 0 spiro atoms. The Morgan fingerprint density at radius 1 is 0.962 bits per heavy atom. The van der Waals surface area contributed by atoms with Crippen LogP contribution in [-0.4, -0.2) is 67.1 Å². The van der Waals surface area contributed by atoms with Crippen LogP contribution in [0.1, 0.15) is 5.56 Å². The molecule has 1 aliphatic rings. The summed E-state index contributed by atoms with van der Waals surface area (Å²) in [7, 11) is 1.84. The number of carbonyl (C=O) groups is 1. The highest BCUT2D eigenvalue weighted by Gasteiger charge is 2.20. The van der Waals surface area contributed by atoms with Crippen LogP contribution in [0.4, 0.5) is 5.69 Å². The molecule has 0 unspecified atom stereocenters. The van der Waals surface area contributed by atoms with Crippen LogP contribution in [-0.2, 0) is 11.2 Å². The molecule has 1 heterocycles. The van der Waals surface area contributed by atoms with Crippen LogP contribution in [0.25, 0.3) is 0 Å². The molecule has 1 saturated heterocycles. The Labute approximate surface area is 155 Å². The smallest absolute Gasteiger partial charge is 0.240 e. The molecule has 2 aromatic rings. The number of piperazine rings is 1. The van der Waals surface area contributed by atoms with E-state index in [1.54, 1.807) is 17.0 Å². The Hall–Kier alpha value is -2.37. The van der Waals surface area contributed by atoms with Crippen LogP contribution >= 0.6 is 0 Å². The first-order chi connectivity index (χ1) is 12.6. The summed E-state index contributed by atoms with van der Waals surface area (Å²) in [5, 5.41) is 9.34. The van der Waals surface area contributed by atoms with E-state index in [2.05, 4.69) is 9.80 Å². The molecule has 5 nitrogen and oxygen atoms in total. The monoisotopic (exact) mass is 353 g/mol. The topological polar surface area (TPSA) is 47.0 Å². The fraction of sp³-hybridized carbons (Fsp3) is 0.381. The van der Waals surface area contributed by atoms with Gasteiger partial charge in [-0.1, -0.05) is 30.3 Å². The SMILES string of the molecule is CN(C(=O)CN1CCN(CCc2ccc(O)cc2)CC1)c1ccccc1. The lowest BCUT2D eigenvalue weighted by Gasteiger charge is -2.35. The van der Waals surface area contributed by atoms with Crippen molar-refractivity contribution < 1.29 is 9.90 Å². The zero-order valence-electron chi connectivity index (χ0n) is 15.3. The molecule has 1 fully saturated rings. The summed E-state index contributed by atoms with van der Waals surface area (Å²) in [6.45, 7) is 5.29. The summed E-state index contributed by atoms with van der Waals surface area (Å²) in [6, 6.07) is 17.2. The third kappa shape index (κ3) is 5.07. The van der Waals surface area contributed by atoms with Crippen LogP contribution in [0, 0.1) is 0 Å². The number of hydrogen-bond acceptors (Lipinski definition) is 4. The summed E-state index contributed by atoms with van der Waals surface area (Å²) in [4.78, 5) is 18.9. The van der Waals surface area contributed by atoms with Gasteiger partial charge in [0.15, 0.2) is 0 Å². The first-order valence-corrected chi connectivity index (χ1v) is 9.16. The number of benzene rings is 2. The van der Waals surface area contributed by atoms with Crippen molar-refractivity contribution in [2.75, 3.05) is 51.2 Å². The van der Waals surface area contributed by atoms with Crippen LogP contribution in [0.3, 0.4) is 0 Å². The molecule has 0 radical (unpaired) electrons. The quantitative estimate of drug-likeness (QED) is 0.865. The Morgan fingerprint density at radius 2 is 1.58 bits per heavy atom. The van der Waals surface area contributed by atoms with Crippen molar-refractivity contribution in [1.82, 2.24) is 9.80 Å². The van der Waals surface area contributed by atoms with Gasteiger partial charge in [-0.2, -0.15) is 0 Å². The number of aromatic hydroxyl groups is 1. The second kappa shape index (κ2) is 8.83. The fourth-order valence-corrected chi connectivity index (χ4v) is 3.21. The number of rotatable bonds is 6. The first-order valence-electron chi connectivity index (χ1n) is 9.16. The van der Waals surface area contributed by atoms with Crippen molar-refractivity contribution in [3.8, 4) is 5.75 Å². The summed E-state index contributed by atoms with van der Waals surface area (Å²) in [5.74, 6) is 0.446. The van der Waals surface area contributed by atoms with Crippen molar-refractivity contribution in [2.24, 2.45) is 0 Å². The number of para-hydroxylation sites is 1. The summed E-state index contributed by atoms with van der Waals surface area (Å²) in [6.07, 6.45) is 0.982. The number of amides is 1. The predicted octanol–water partition coefficient (Wildman–Crippen LogP) is 2.22. The second-order valence-electron chi connectivity index (χ2n) is 6.82. The lowest BCUT2D eigenvalue weighted by Crippen LogP contribution is -2.50. The summed E-state index contributed by atoms with van der Waals surface area (Å²) >= 11 is 0. The van der Waals surface area contributed by atoms with Gasteiger partial charge in [-0.25, -0.2) is 0 Å². The minimum absolute atomic E-state index is 0.133. The number of nitrogens with zero attached hydrogens (tertiary/aromatic N) is 3. The van der Waals surface area contributed by atoms with Crippen molar-refractivity contribution in [3.63, 3.8) is 0 Å². The van der Waals surface area contributed by atoms with Gasteiger partial charge in [0.2, 0.25) is 5.91 Å². The maximum Gasteiger partial charge on any atom is 0.240 e. The average molecular weight is 353 g/mol. The van der Waals surface area contributed by atoms with Crippen LogP contribution in [0.15, 0.2) is 54.6 Å². The van der Waals surface area contributed by atoms with Gasteiger partial charge >= 0.3 is 0 Å². The standard InChI is InChI=1S/C21H27N3O2/c1-22(19-5-3-2-4-6-19)21(26)17-24-15-13-23(14-16-24)12-11-18-7-9-20(25)10-8-18/h2-10,25H,11-17H2,1H3. The average Bonchev–Trinajstić information content (AvgIpc) is 2.68. The molecular formula is C21H27N3O2. The molecule has 5 heteroatoms. The van der Waals surface area contributed by atoms with E-state index in [0.717, 1.165) is 44.8 Å². The lowest BCUT2D eigenvalue weighted by molar-refractivity contribution is -0.119. The molecule has 0 aliphatic carbocycles. The minimum atomic E-state index is 0.133. The van der Waals surface area contributed by atoms with Gasteiger partial charge in [0, 0.05) is 45.5 Å². The highest BCUT2D eigenvalue weighted by atomic mass is 16.3. The fourth-order valence-electron chi connectivity index (χ4n) is 3.21. The van der Waals surface area contributed by atoms with Crippen molar-refractivity contribution in [2.45, 2.75) is 6.42 Å². The second-order valence-corrected chi connectivity index (χ2v) is 6.82. The molecule has 2 aromatic carbocycles. The minimum Gasteiger partial charge on any atom is -0.508 e. The van der Waals surface area contributed by atoms with Crippen LogP contribution < -0.4 is 4.90 Å². The van der Waals surface area contributed by atoms with Crippen LogP contribution in [0.2, 0.25) is 0 Å². The van der Waals surface area contributed by atoms with Crippen molar-refractivity contribution in [1.29, 1.82) is 0 Å². The van der Waals surface area contributed by atoms with E-state index in [4.69, 9.17) is 0 Å². The van der Waals surface area contributed by atoms with E-state index in [0.29, 0.717) is 12.3 Å². The van der Waals surface area contributed by atoms with Gasteiger partial charge < -0.3 is 14.9 Å². The molecule has 0 bridgehead atoms. The molecule has 0 atom stereocenters. The Kier molecular flexibility index (Phi) is 6.26. The molecule has 0 saturated carbocycles. The number of phenolic OH excluding ortho intramolecular Hbond substituents is 1. The summed E-state index contributed by atoms with van der Waals surface area (Å²) < 4.78 is 0. The van der Waals surface area contributed by atoms with Gasteiger partial charge in [0.25, 0.3) is 0 Å². The molecule has 0 aromatic heterocycles. The number of carbonyl (C=O) groups excluding carboxylic acids is 1. The van der Waals surface area contributed by atoms with Gasteiger partial charge in [-0.15, -0.1) is 0 Å². The first kappa shape index (κ1) is 18.4. The van der Waals surface area contributed by atoms with Gasteiger partial charge in [0.05, 0.1) is 6.54 Å². The highest BCUT2D eigenvalue weighted by molar-refractivity contribution is 5.94. The van der Waals surface area contributed by atoms with Crippen LogP contribution in [0.5, 0.6) is 5.75 Å². The lowest BCUT2D eigenvalue weighted by atomic mass is 10.1. The maximum absolute atomic E-state index is 12.5. The van der Waals surface area contributed by atoms with E-state index >= 15 is 0 Å². The maximum atomic E-state index is 12.5. The third-order valence-corrected chi connectivity index (χ3v) is 4.99. The Bertz CT molecular complexity index is 695. The number of anilines is 1. The molecular weight excluding hydrogens is 326 g/mol. The molecule has 1 amide bonds. The highest BCUT2D eigenvalue weighted by Crippen LogP contribution is 2.13. The molecule has 1 aliphatic heterocycles. The predicted molar refractivity (Wildman–Crippen MR) is 105 cm³/mol. The number of phenols is 1. The zero-order chi connectivity index (χ0) is 18.4. The zero-order valence-corrected chi connectivity index (χ0v) is 15.3. The summed E-state index contributed by atoms with van der Waals surface area (Å²) in [5.41, 5.74) is 2.18. The van der Waals surface area contributed by atoms with E-state index < -0.39 is 0 Å². The van der Waals surface area contributed by atoms with Gasteiger partial charge in [-0.3, -0.25) is 9.69 Å². The van der Waals surface area contributed by atoms with Gasteiger partial charge in [0.1, 0.15) is 5.75 Å². The van der Waals surface area contributed by atoms with Crippen molar-refractivity contribution >= 4 is 11.6 Å². The molecule has 3 rings (SSSR count). The van der Waals surface area contributed by atoms with E-state index in [1.165, 1.54) is 5.56 Å². The van der Waals surface area contributed by atoms with E-state index in [-0.39, 0.29) is 5.91 Å². The third-order valence-electron chi connectivity index (χ3n) is 4.99.